The Balaban J connectivity index is 1.95. The number of rotatable bonds is 5. The van der Waals surface area contributed by atoms with E-state index in [1.54, 1.807) is 10.7 Å². The normalized spacial score (nSPS) is 16.4. The van der Waals surface area contributed by atoms with Crippen LogP contribution in [-0.2, 0) is 0 Å². The first-order valence-electron chi connectivity index (χ1n) is 6.62. The first-order chi connectivity index (χ1) is 9.70. The molecule has 0 bridgehead atoms. The molecule has 3 rings (SSSR count). The van der Waals surface area contributed by atoms with E-state index >= 15 is 0 Å². The molecule has 1 aliphatic rings. The van der Waals surface area contributed by atoms with E-state index in [1.165, 1.54) is 17.8 Å². The van der Waals surface area contributed by atoms with Gasteiger partial charge in [-0.2, -0.15) is 0 Å². The van der Waals surface area contributed by atoms with Gasteiger partial charge >= 0.3 is 0 Å². The summed E-state index contributed by atoms with van der Waals surface area (Å²) in [6.45, 7) is 2.00. The van der Waals surface area contributed by atoms with Gasteiger partial charge in [0, 0.05) is 6.04 Å². The summed E-state index contributed by atoms with van der Waals surface area (Å²) < 4.78 is 16.0. The van der Waals surface area contributed by atoms with Crippen molar-refractivity contribution in [1.29, 1.82) is 0 Å². The number of nitrogens with one attached hydrogen (secondary N) is 1. The summed E-state index contributed by atoms with van der Waals surface area (Å²) in [6.07, 6.45) is 2.19. The van der Waals surface area contributed by atoms with Crippen LogP contribution >= 0.6 is 11.8 Å². The lowest BCUT2D eigenvalue weighted by Crippen LogP contribution is -2.14. The van der Waals surface area contributed by atoms with Gasteiger partial charge in [-0.3, -0.25) is 0 Å². The Morgan fingerprint density at radius 1 is 1.45 bits per heavy atom. The second kappa shape index (κ2) is 5.49. The van der Waals surface area contributed by atoms with Gasteiger partial charge in [0.1, 0.15) is 5.82 Å². The van der Waals surface area contributed by atoms with E-state index < -0.39 is 0 Å². The summed E-state index contributed by atoms with van der Waals surface area (Å²) in [7, 11) is 1.86. The van der Waals surface area contributed by atoms with Crippen molar-refractivity contribution >= 4 is 11.8 Å². The molecule has 1 aromatic carbocycles. The molecule has 1 unspecified atom stereocenters. The first-order valence-corrected chi connectivity index (χ1v) is 7.43. The summed E-state index contributed by atoms with van der Waals surface area (Å²) >= 11 is 1.30. The molecule has 7 heteroatoms. The smallest absolute Gasteiger partial charge is 0.214 e. The lowest BCUT2D eigenvalue weighted by Gasteiger charge is -2.15. The molecule has 2 aromatic rings. The number of aromatic nitrogens is 4. The van der Waals surface area contributed by atoms with Gasteiger partial charge in [-0.25, -0.2) is 9.07 Å². The molecule has 0 radical (unpaired) electrons. The van der Waals surface area contributed by atoms with Gasteiger partial charge in [0.25, 0.3) is 0 Å². The van der Waals surface area contributed by atoms with Crippen LogP contribution in [0.2, 0.25) is 0 Å². The van der Waals surface area contributed by atoms with Crippen molar-refractivity contribution in [2.24, 2.45) is 0 Å². The molecule has 1 atom stereocenters. The van der Waals surface area contributed by atoms with Gasteiger partial charge in [-0.1, -0.05) is 12.1 Å². The van der Waals surface area contributed by atoms with E-state index in [0.717, 1.165) is 18.4 Å². The molecule has 1 heterocycles. The molecule has 20 heavy (non-hydrogen) atoms. The van der Waals surface area contributed by atoms with Crippen LogP contribution in [0.15, 0.2) is 28.3 Å². The van der Waals surface area contributed by atoms with Crippen molar-refractivity contribution in [2.45, 2.75) is 41.9 Å². The Morgan fingerprint density at radius 2 is 2.25 bits per heavy atom. The molecule has 1 saturated carbocycles. The van der Waals surface area contributed by atoms with Crippen LogP contribution in [0.25, 0.3) is 0 Å². The van der Waals surface area contributed by atoms with E-state index in [9.17, 15) is 4.39 Å². The van der Waals surface area contributed by atoms with Gasteiger partial charge < -0.3 is 5.32 Å². The van der Waals surface area contributed by atoms with Gasteiger partial charge in [0.15, 0.2) is 0 Å². The largest absolute Gasteiger partial charge is 0.313 e. The van der Waals surface area contributed by atoms with Crippen molar-refractivity contribution in [2.75, 3.05) is 7.05 Å². The molecule has 1 fully saturated rings. The monoisotopic (exact) mass is 293 g/mol. The summed E-state index contributed by atoms with van der Waals surface area (Å²) in [4.78, 5) is 0.589. The Labute approximate surface area is 120 Å². The number of tetrazole rings is 1. The molecular weight excluding hydrogens is 277 g/mol. The minimum atomic E-state index is -0.236. The van der Waals surface area contributed by atoms with Gasteiger partial charge in [0.2, 0.25) is 5.16 Å². The fraction of sp³-hybridized carbons (Fsp3) is 0.462. The highest BCUT2D eigenvalue weighted by Crippen LogP contribution is 2.40. The highest BCUT2D eigenvalue weighted by molar-refractivity contribution is 7.99. The zero-order valence-corrected chi connectivity index (χ0v) is 12.2. The molecule has 0 aliphatic heterocycles. The van der Waals surface area contributed by atoms with Gasteiger partial charge in [-0.15, -0.1) is 5.10 Å². The maximum atomic E-state index is 14.2. The van der Waals surface area contributed by atoms with E-state index in [1.807, 2.05) is 20.0 Å². The number of hydrogen-bond acceptors (Lipinski definition) is 5. The lowest BCUT2D eigenvalue weighted by molar-refractivity contribution is 0.559. The topological polar surface area (TPSA) is 55.6 Å². The van der Waals surface area contributed by atoms with E-state index in [0.29, 0.717) is 16.1 Å². The number of benzene rings is 1. The predicted molar refractivity (Wildman–Crippen MR) is 74.1 cm³/mol. The predicted octanol–water partition coefficient (Wildman–Crippen LogP) is 2.58. The third-order valence-electron chi connectivity index (χ3n) is 3.45. The van der Waals surface area contributed by atoms with Crippen molar-refractivity contribution in [3.63, 3.8) is 0 Å². The summed E-state index contributed by atoms with van der Waals surface area (Å²) in [5.74, 6) is -0.236. The maximum Gasteiger partial charge on any atom is 0.214 e. The third-order valence-corrected chi connectivity index (χ3v) is 4.53. The average molecular weight is 293 g/mol. The molecule has 0 amide bonds. The standard InChI is InChI=1S/C13H16FN5S/c1-8(15-2)10-4-3-5-11(14)12(10)20-13-16-17-18-19(13)9-6-7-9/h3-5,8-9,15H,6-7H2,1-2H3. The van der Waals surface area contributed by atoms with Gasteiger partial charge in [-0.05, 0) is 60.6 Å². The molecule has 5 nitrogen and oxygen atoms in total. The van der Waals surface area contributed by atoms with Crippen LogP contribution in [0, 0.1) is 5.82 Å². The van der Waals surface area contributed by atoms with Crippen molar-refractivity contribution in [3.8, 4) is 0 Å². The first kappa shape index (κ1) is 13.5. The molecule has 0 saturated heterocycles. The Hall–Kier alpha value is -1.47. The minimum Gasteiger partial charge on any atom is -0.313 e. The molecule has 1 aromatic heterocycles. The van der Waals surface area contributed by atoms with Gasteiger partial charge in [0.05, 0.1) is 10.9 Å². The van der Waals surface area contributed by atoms with Crippen molar-refractivity contribution < 1.29 is 4.39 Å². The van der Waals surface area contributed by atoms with Crippen molar-refractivity contribution in [3.05, 3.63) is 29.6 Å². The van der Waals surface area contributed by atoms with Crippen LogP contribution < -0.4 is 5.32 Å². The molecule has 106 valence electrons. The highest BCUT2D eigenvalue weighted by Gasteiger charge is 2.29. The van der Waals surface area contributed by atoms with Crippen molar-refractivity contribution in [1.82, 2.24) is 25.5 Å². The molecule has 1 N–H and O–H groups in total. The van der Waals surface area contributed by atoms with Crippen LogP contribution in [0.4, 0.5) is 4.39 Å². The highest BCUT2D eigenvalue weighted by atomic mass is 32.2. The zero-order chi connectivity index (χ0) is 14.1. The number of nitrogens with zero attached hydrogens (tertiary/aromatic N) is 4. The average Bonchev–Trinajstić information content (AvgIpc) is 3.20. The van der Waals surface area contributed by atoms with E-state index in [4.69, 9.17) is 0 Å². The Morgan fingerprint density at radius 3 is 2.95 bits per heavy atom. The van der Waals surface area contributed by atoms with E-state index in [2.05, 4.69) is 20.8 Å². The third kappa shape index (κ3) is 2.55. The molecule has 1 aliphatic carbocycles. The second-order valence-electron chi connectivity index (χ2n) is 4.91. The lowest BCUT2D eigenvalue weighted by atomic mass is 10.1. The summed E-state index contributed by atoms with van der Waals surface area (Å²) in [6, 6.07) is 5.58. The van der Waals surface area contributed by atoms with Crippen LogP contribution in [0.1, 0.15) is 37.4 Å². The second-order valence-corrected chi connectivity index (χ2v) is 5.89. The SMILES string of the molecule is CNC(C)c1cccc(F)c1Sc1nnnn1C1CC1. The minimum absolute atomic E-state index is 0.0680. The van der Waals surface area contributed by atoms with Crippen LogP contribution in [0.3, 0.4) is 0 Å². The Kier molecular flexibility index (Phi) is 3.71. The number of halogens is 1. The quantitative estimate of drug-likeness (QED) is 0.918. The van der Waals surface area contributed by atoms with E-state index in [-0.39, 0.29) is 11.9 Å². The molecular formula is C13H16FN5S. The van der Waals surface area contributed by atoms with Crippen LogP contribution in [-0.4, -0.2) is 27.3 Å². The molecule has 0 spiro atoms. The fourth-order valence-corrected chi connectivity index (χ4v) is 3.09. The fourth-order valence-electron chi connectivity index (χ4n) is 2.02. The number of hydrogen-bond donors (Lipinski definition) is 1. The van der Waals surface area contributed by atoms with Crippen LogP contribution in [0.5, 0.6) is 0 Å². The summed E-state index contributed by atoms with van der Waals surface area (Å²) in [5.41, 5.74) is 0.919. The Bertz CT molecular complexity index is 611. The summed E-state index contributed by atoms with van der Waals surface area (Å²) in [5, 5.41) is 15.5. The zero-order valence-electron chi connectivity index (χ0n) is 11.4. The maximum absolute atomic E-state index is 14.2.